The van der Waals surface area contributed by atoms with Gasteiger partial charge < -0.3 is 9.42 Å². The summed E-state index contributed by atoms with van der Waals surface area (Å²) >= 11 is 1.68. The molecule has 1 saturated heterocycles. The van der Waals surface area contributed by atoms with Gasteiger partial charge in [-0.1, -0.05) is 5.16 Å². The first-order valence-electron chi connectivity index (χ1n) is 8.36. The van der Waals surface area contributed by atoms with Crippen LogP contribution in [0.25, 0.3) is 11.4 Å². The molecule has 0 saturated carbocycles. The zero-order valence-electron chi connectivity index (χ0n) is 13.7. The minimum Gasteiger partial charge on any atom is -0.339 e. The highest BCUT2D eigenvalue weighted by atomic mass is 32.1. The van der Waals surface area contributed by atoms with E-state index >= 15 is 0 Å². The summed E-state index contributed by atoms with van der Waals surface area (Å²) in [6, 6.07) is 5.99. The third-order valence-corrected chi connectivity index (χ3v) is 5.16. The van der Waals surface area contributed by atoms with Crippen molar-refractivity contribution in [3.63, 3.8) is 0 Å². The van der Waals surface area contributed by atoms with Gasteiger partial charge in [0.1, 0.15) is 0 Å². The number of carbonyl (C=O) groups excluding carboxylic acids is 1. The third-order valence-electron chi connectivity index (χ3n) is 4.46. The normalized spacial score (nSPS) is 17.1. The first kappa shape index (κ1) is 16.0. The molecule has 0 radical (unpaired) electrons. The zero-order chi connectivity index (χ0) is 17.1. The fraction of sp³-hybridized carbons (Fsp3) is 0.333. The number of amides is 1. The van der Waals surface area contributed by atoms with Gasteiger partial charge in [0.25, 0.3) is 0 Å². The van der Waals surface area contributed by atoms with Gasteiger partial charge in [0.15, 0.2) is 0 Å². The maximum absolute atomic E-state index is 12.6. The minimum absolute atomic E-state index is 0.150. The van der Waals surface area contributed by atoms with Gasteiger partial charge in [0.05, 0.1) is 6.04 Å². The predicted octanol–water partition coefficient (Wildman–Crippen LogP) is 3.49. The molecule has 3 aromatic heterocycles. The number of hydrogen-bond acceptors (Lipinski definition) is 6. The van der Waals surface area contributed by atoms with Gasteiger partial charge in [-0.05, 0) is 47.4 Å². The van der Waals surface area contributed by atoms with E-state index in [9.17, 15) is 4.79 Å². The van der Waals surface area contributed by atoms with Gasteiger partial charge in [0.2, 0.25) is 17.6 Å². The van der Waals surface area contributed by atoms with Crippen molar-refractivity contribution in [3.05, 3.63) is 52.8 Å². The first-order chi connectivity index (χ1) is 12.3. The van der Waals surface area contributed by atoms with Gasteiger partial charge >= 0.3 is 0 Å². The zero-order valence-corrected chi connectivity index (χ0v) is 14.5. The largest absolute Gasteiger partial charge is 0.339 e. The Labute approximate surface area is 149 Å². The molecular formula is C18H18N4O2S. The van der Waals surface area contributed by atoms with E-state index in [1.165, 1.54) is 5.56 Å². The highest BCUT2D eigenvalue weighted by molar-refractivity contribution is 7.07. The number of hydrogen-bond donors (Lipinski definition) is 0. The highest BCUT2D eigenvalue weighted by Crippen LogP contribution is 2.33. The Kier molecular flexibility index (Phi) is 4.56. The minimum atomic E-state index is 0.150. The van der Waals surface area contributed by atoms with Crippen molar-refractivity contribution >= 4 is 17.2 Å². The molecule has 0 aliphatic carbocycles. The maximum Gasteiger partial charge on any atom is 0.227 e. The molecular weight excluding hydrogens is 336 g/mol. The van der Waals surface area contributed by atoms with Crippen LogP contribution in [-0.2, 0) is 11.2 Å². The number of pyridine rings is 1. The lowest BCUT2D eigenvalue weighted by atomic mass is 10.1. The first-order valence-corrected chi connectivity index (χ1v) is 9.30. The van der Waals surface area contributed by atoms with Crippen molar-refractivity contribution in [2.45, 2.75) is 31.7 Å². The summed E-state index contributed by atoms with van der Waals surface area (Å²) in [5.41, 5.74) is 2.10. The number of aromatic nitrogens is 3. The van der Waals surface area contributed by atoms with E-state index in [0.29, 0.717) is 24.6 Å². The average molecular weight is 354 g/mol. The van der Waals surface area contributed by atoms with E-state index in [1.54, 1.807) is 23.7 Å². The summed E-state index contributed by atoms with van der Waals surface area (Å²) < 4.78 is 5.28. The van der Waals surface area contributed by atoms with Crippen LogP contribution in [0, 0.1) is 0 Å². The van der Waals surface area contributed by atoms with Crippen molar-refractivity contribution in [1.82, 2.24) is 20.0 Å². The van der Waals surface area contributed by atoms with Gasteiger partial charge in [-0.3, -0.25) is 9.78 Å². The molecule has 1 amide bonds. The second-order valence-corrected chi connectivity index (χ2v) is 6.83. The SMILES string of the molecule is O=C(CCc1nc(-c2ccncc2)no1)N1CCC[C@H]1c1ccsc1. The quantitative estimate of drug-likeness (QED) is 0.701. The van der Waals surface area contributed by atoms with E-state index in [1.807, 2.05) is 17.0 Å². The fourth-order valence-corrected chi connectivity index (χ4v) is 3.92. The number of carbonyl (C=O) groups is 1. The van der Waals surface area contributed by atoms with Gasteiger partial charge in [-0.25, -0.2) is 0 Å². The van der Waals surface area contributed by atoms with Crippen molar-refractivity contribution in [1.29, 1.82) is 0 Å². The van der Waals surface area contributed by atoms with Crippen LogP contribution in [-0.4, -0.2) is 32.5 Å². The Hall–Kier alpha value is -2.54. The van der Waals surface area contributed by atoms with Gasteiger partial charge in [-0.15, -0.1) is 0 Å². The van der Waals surface area contributed by atoms with Crippen LogP contribution < -0.4 is 0 Å². The summed E-state index contributed by atoms with van der Waals surface area (Å²) in [5, 5.41) is 8.18. The van der Waals surface area contributed by atoms with E-state index in [-0.39, 0.29) is 11.9 Å². The van der Waals surface area contributed by atoms with Crippen molar-refractivity contribution in [2.24, 2.45) is 0 Å². The molecule has 4 rings (SSSR count). The monoisotopic (exact) mass is 354 g/mol. The second kappa shape index (κ2) is 7.14. The molecule has 0 spiro atoms. The number of aryl methyl sites for hydroxylation is 1. The fourth-order valence-electron chi connectivity index (χ4n) is 3.21. The van der Waals surface area contributed by atoms with Crippen LogP contribution in [0.5, 0.6) is 0 Å². The van der Waals surface area contributed by atoms with Crippen molar-refractivity contribution in [2.75, 3.05) is 6.54 Å². The van der Waals surface area contributed by atoms with E-state index in [2.05, 4.69) is 32.0 Å². The maximum atomic E-state index is 12.6. The molecule has 1 atom stereocenters. The van der Waals surface area contributed by atoms with Crippen LogP contribution in [0.4, 0.5) is 0 Å². The molecule has 7 heteroatoms. The lowest BCUT2D eigenvalue weighted by molar-refractivity contribution is -0.132. The summed E-state index contributed by atoms with van der Waals surface area (Å²) in [5.74, 6) is 1.17. The molecule has 0 unspecified atom stereocenters. The lowest BCUT2D eigenvalue weighted by Gasteiger charge is -2.24. The van der Waals surface area contributed by atoms with Crippen molar-refractivity contribution in [3.8, 4) is 11.4 Å². The molecule has 6 nitrogen and oxygen atoms in total. The van der Waals surface area contributed by atoms with Crippen LogP contribution in [0.3, 0.4) is 0 Å². The topological polar surface area (TPSA) is 72.1 Å². The molecule has 128 valence electrons. The molecule has 0 aromatic carbocycles. The van der Waals surface area contributed by atoms with E-state index in [4.69, 9.17) is 4.52 Å². The van der Waals surface area contributed by atoms with Crippen molar-refractivity contribution < 1.29 is 9.32 Å². The number of likely N-dealkylation sites (tertiary alicyclic amines) is 1. The standard InChI is InChI=1S/C18H18N4O2S/c23-17(22-10-1-2-15(22)14-7-11-25-12-14)4-3-16-20-18(21-24-16)13-5-8-19-9-6-13/h5-9,11-12,15H,1-4,10H2/t15-/m0/s1. The molecule has 0 N–H and O–H groups in total. The average Bonchev–Trinajstić information content (AvgIpc) is 3.41. The summed E-state index contributed by atoms with van der Waals surface area (Å²) in [4.78, 5) is 23.0. The molecule has 4 heterocycles. The molecule has 25 heavy (non-hydrogen) atoms. The number of nitrogens with zero attached hydrogens (tertiary/aromatic N) is 4. The van der Waals surface area contributed by atoms with Crippen LogP contribution in [0.15, 0.2) is 45.9 Å². The molecule has 3 aromatic rings. The Morgan fingerprint density at radius 3 is 3.00 bits per heavy atom. The Balaban J connectivity index is 1.38. The van der Waals surface area contributed by atoms with E-state index < -0.39 is 0 Å². The van der Waals surface area contributed by atoms with Crippen LogP contribution in [0.1, 0.15) is 36.8 Å². The summed E-state index contributed by atoms with van der Waals surface area (Å²) in [7, 11) is 0. The van der Waals surface area contributed by atoms with Gasteiger partial charge in [-0.2, -0.15) is 16.3 Å². The second-order valence-electron chi connectivity index (χ2n) is 6.05. The smallest absolute Gasteiger partial charge is 0.227 e. The summed E-state index contributed by atoms with van der Waals surface area (Å²) in [6.07, 6.45) is 6.32. The molecule has 1 fully saturated rings. The number of rotatable bonds is 5. The lowest BCUT2D eigenvalue weighted by Crippen LogP contribution is -2.30. The predicted molar refractivity (Wildman–Crippen MR) is 93.9 cm³/mol. The molecule has 1 aliphatic heterocycles. The highest BCUT2D eigenvalue weighted by Gasteiger charge is 2.30. The molecule has 0 bridgehead atoms. The van der Waals surface area contributed by atoms with Gasteiger partial charge in [0, 0.05) is 37.3 Å². The molecule has 1 aliphatic rings. The summed E-state index contributed by atoms with van der Waals surface area (Å²) in [6.45, 7) is 0.825. The Morgan fingerprint density at radius 1 is 1.32 bits per heavy atom. The Bertz CT molecular complexity index is 832. The third kappa shape index (κ3) is 3.46. The number of thiophene rings is 1. The van der Waals surface area contributed by atoms with Crippen LogP contribution >= 0.6 is 11.3 Å². The van der Waals surface area contributed by atoms with Crippen LogP contribution in [0.2, 0.25) is 0 Å². The van der Waals surface area contributed by atoms with E-state index in [0.717, 1.165) is 24.9 Å². The Morgan fingerprint density at radius 2 is 2.20 bits per heavy atom.